The molecule has 3 nitrogen and oxygen atoms in total. The van der Waals surface area contributed by atoms with Gasteiger partial charge in [-0.05, 0) is 19.3 Å². The van der Waals surface area contributed by atoms with Crippen molar-refractivity contribution in [1.82, 2.24) is 0 Å². The highest BCUT2D eigenvalue weighted by Crippen LogP contribution is 2.64. The minimum atomic E-state index is -0.499. The first-order valence-corrected chi connectivity index (χ1v) is 12.5. The van der Waals surface area contributed by atoms with Crippen molar-refractivity contribution in [3.05, 3.63) is 48.4 Å². The first-order chi connectivity index (χ1) is 11.5. The van der Waals surface area contributed by atoms with E-state index >= 15 is 0 Å². The third-order valence-corrected chi connectivity index (χ3v) is 11.9. The van der Waals surface area contributed by atoms with Gasteiger partial charge in [-0.1, -0.05) is 47.0 Å². The van der Waals surface area contributed by atoms with Gasteiger partial charge in [0, 0.05) is 16.4 Å². The number of hydrogen-bond donors (Lipinski definition) is 0. The highest BCUT2D eigenvalue weighted by atomic mass is 32.3. The summed E-state index contributed by atoms with van der Waals surface area (Å²) >= 11 is 10.7. The van der Waals surface area contributed by atoms with Crippen molar-refractivity contribution < 1.29 is 4.74 Å². The van der Waals surface area contributed by atoms with Gasteiger partial charge in [-0.2, -0.15) is 0 Å². The van der Waals surface area contributed by atoms with E-state index in [-0.39, 0.29) is 11.9 Å². The van der Waals surface area contributed by atoms with E-state index in [9.17, 15) is 9.59 Å². The van der Waals surface area contributed by atoms with Crippen molar-refractivity contribution in [3.63, 3.8) is 0 Å². The number of thioether (sulfide) groups is 6. The molecule has 126 valence electrons. The molecule has 24 heavy (non-hydrogen) atoms. The average molecular weight is 433 g/mol. The zero-order chi connectivity index (χ0) is 16.8. The summed E-state index contributed by atoms with van der Waals surface area (Å²) < 4.78 is 10.8. The third-order valence-electron chi connectivity index (χ3n) is 3.20. The van der Waals surface area contributed by atoms with Crippen LogP contribution in [0.3, 0.4) is 0 Å². The molecule has 0 saturated heterocycles. The Labute approximate surface area is 165 Å². The summed E-state index contributed by atoms with van der Waals surface area (Å²) in [5, 5.41) is 1.97. The molecule has 0 aromatic heterocycles. The van der Waals surface area contributed by atoms with E-state index in [1.54, 1.807) is 23.5 Å². The van der Waals surface area contributed by atoms with Crippen molar-refractivity contribution in [3.8, 4) is 5.75 Å². The Morgan fingerprint density at radius 2 is 1.58 bits per heavy atom. The van der Waals surface area contributed by atoms with Crippen LogP contribution in [0.15, 0.2) is 31.9 Å². The van der Waals surface area contributed by atoms with Gasteiger partial charge in [-0.3, -0.25) is 9.59 Å². The smallest absolute Gasteiger partial charge is 0.268 e. The van der Waals surface area contributed by atoms with E-state index < -0.39 is 10.9 Å². The molecule has 4 rings (SSSR count). The molecule has 0 spiro atoms. The van der Waals surface area contributed by atoms with Crippen LogP contribution in [-0.2, 0) is 0 Å². The number of hydrogen-bond acceptors (Lipinski definition) is 9. The summed E-state index contributed by atoms with van der Waals surface area (Å²) in [4.78, 5) is 24.6. The van der Waals surface area contributed by atoms with Gasteiger partial charge in [-0.25, -0.2) is 0 Å². The second-order valence-corrected chi connectivity index (χ2v) is 12.5. The van der Waals surface area contributed by atoms with E-state index in [1.165, 1.54) is 28.5 Å². The van der Waals surface area contributed by atoms with Crippen LogP contribution in [0.4, 0.5) is 0 Å². The van der Waals surface area contributed by atoms with Gasteiger partial charge in [-0.15, -0.1) is 23.5 Å². The van der Waals surface area contributed by atoms with Crippen LogP contribution >= 0.6 is 70.6 Å². The van der Waals surface area contributed by atoms with Crippen LogP contribution in [0.5, 0.6) is 5.75 Å². The van der Waals surface area contributed by atoms with Crippen molar-refractivity contribution >= 4 is 75.5 Å². The maximum Gasteiger partial charge on any atom is 0.268 e. The van der Waals surface area contributed by atoms with Crippen molar-refractivity contribution in [2.24, 2.45) is 0 Å². The zero-order valence-corrected chi connectivity index (χ0v) is 17.6. The summed E-state index contributed by atoms with van der Waals surface area (Å²) in [7, 11) is 0. The SMILES string of the molecule is CC(C)Oc1c(C2=CSC(=C3SC4=C(SCCS4)S3)S2)c(=O)c1=O. The quantitative estimate of drug-likeness (QED) is 0.610. The molecular weight excluding hydrogens is 421 g/mol. The summed E-state index contributed by atoms with van der Waals surface area (Å²) in [6.45, 7) is 3.71. The average Bonchev–Trinajstić information content (AvgIpc) is 3.20. The van der Waals surface area contributed by atoms with Gasteiger partial charge in [0.1, 0.15) is 0 Å². The maximum atomic E-state index is 12.0. The standard InChI is InChI=1S/C15H12O3S6/c1-6(2)18-11-8(9(16)10(11)17)7-5-21-14(22-7)15-23-12-13(24-15)20-4-3-19-12/h5-6H,3-4H2,1-2H3. The van der Waals surface area contributed by atoms with Gasteiger partial charge in [0.2, 0.25) is 5.43 Å². The minimum Gasteiger partial charge on any atom is -0.486 e. The van der Waals surface area contributed by atoms with Crippen LogP contribution in [0.2, 0.25) is 0 Å². The lowest BCUT2D eigenvalue weighted by atomic mass is 10.1. The van der Waals surface area contributed by atoms with Gasteiger partial charge in [0.05, 0.1) is 28.6 Å². The summed E-state index contributed by atoms with van der Waals surface area (Å²) in [6.07, 6.45) is -0.115. The fourth-order valence-corrected chi connectivity index (χ4v) is 10.8. The predicted octanol–water partition coefficient (Wildman–Crippen LogP) is 5.06. The molecule has 1 aromatic carbocycles. The minimum absolute atomic E-state index is 0.115. The Morgan fingerprint density at radius 1 is 0.917 bits per heavy atom. The van der Waals surface area contributed by atoms with Crippen molar-refractivity contribution in [2.75, 3.05) is 11.5 Å². The molecule has 0 atom stereocenters. The molecule has 3 aliphatic heterocycles. The lowest BCUT2D eigenvalue weighted by Crippen LogP contribution is -2.37. The molecule has 0 bridgehead atoms. The van der Waals surface area contributed by atoms with E-state index in [4.69, 9.17) is 4.74 Å². The third kappa shape index (κ3) is 3.16. The molecule has 0 aliphatic carbocycles. The topological polar surface area (TPSA) is 43.4 Å². The molecule has 0 amide bonds. The predicted molar refractivity (Wildman–Crippen MR) is 114 cm³/mol. The van der Waals surface area contributed by atoms with E-state index in [0.29, 0.717) is 5.56 Å². The largest absolute Gasteiger partial charge is 0.486 e. The van der Waals surface area contributed by atoms with Gasteiger partial charge < -0.3 is 4.74 Å². The van der Waals surface area contributed by atoms with E-state index in [1.807, 2.05) is 66.3 Å². The van der Waals surface area contributed by atoms with Crippen LogP contribution < -0.4 is 15.6 Å². The summed E-state index contributed by atoms with van der Waals surface area (Å²) in [6, 6.07) is 0. The summed E-state index contributed by atoms with van der Waals surface area (Å²) in [5.74, 6) is 2.57. The first kappa shape index (κ1) is 17.6. The van der Waals surface area contributed by atoms with Gasteiger partial charge in [0.25, 0.3) is 5.43 Å². The molecule has 0 unspecified atom stereocenters. The fraction of sp³-hybridized carbons (Fsp3) is 0.333. The Kier molecular flexibility index (Phi) is 5.19. The normalized spacial score (nSPS) is 21.0. The molecule has 0 radical (unpaired) electrons. The molecule has 0 fully saturated rings. The van der Waals surface area contributed by atoms with E-state index in [0.717, 1.165) is 4.91 Å². The zero-order valence-electron chi connectivity index (χ0n) is 12.7. The Morgan fingerprint density at radius 3 is 2.21 bits per heavy atom. The van der Waals surface area contributed by atoms with Crippen LogP contribution in [0, 0.1) is 0 Å². The van der Waals surface area contributed by atoms with Crippen LogP contribution in [-0.4, -0.2) is 17.6 Å². The molecule has 0 saturated carbocycles. The van der Waals surface area contributed by atoms with Crippen molar-refractivity contribution in [2.45, 2.75) is 20.0 Å². The van der Waals surface area contributed by atoms with E-state index in [2.05, 4.69) is 0 Å². The highest BCUT2D eigenvalue weighted by molar-refractivity contribution is 8.43. The second-order valence-electron chi connectivity index (χ2n) is 5.28. The lowest BCUT2D eigenvalue weighted by Gasteiger charge is -2.15. The molecule has 3 heterocycles. The monoisotopic (exact) mass is 432 g/mol. The van der Waals surface area contributed by atoms with Crippen molar-refractivity contribution in [1.29, 1.82) is 0 Å². The Hall–Kier alpha value is 0.200. The number of rotatable bonds is 3. The van der Waals surface area contributed by atoms with Gasteiger partial charge >= 0.3 is 0 Å². The molecular formula is C15H12O3S6. The molecule has 0 N–H and O–H groups in total. The number of ether oxygens (including phenoxy) is 1. The molecule has 9 heteroatoms. The van der Waals surface area contributed by atoms with Crippen LogP contribution in [0.1, 0.15) is 19.4 Å². The maximum absolute atomic E-state index is 12.0. The Bertz CT molecular complexity index is 852. The second kappa shape index (κ2) is 7.08. The fourth-order valence-electron chi connectivity index (χ4n) is 2.20. The molecule has 1 aromatic rings. The van der Waals surface area contributed by atoms with Gasteiger partial charge in [0.15, 0.2) is 5.75 Å². The lowest BCUT2D eigenvalue weighted by molar-refractivity contribution is 0.236. The molecule has 3 aliphatic rings. The summed E-state index contributed by atoms with van der Waals surface area (Å²) in [5.41, 5.74) is -0.469. The van der Waals surface area contributed by atoms with Crippen LogP contribution in [0.25, 0.3) is 4.91 Å². The highest BCUT2D eigenvalue weighted by Gasteiger charge is 2.33. The first-order valence-electron chi connectivity index (χ1n) is 7.19. The Balaban J connectivity index is 1.54.